The van der Waals surface area contributed by atoms with E-state index in [4.69, 9.17) is 5.73 Å². The van der Waals surface area contributed by atoms with Crippen LogP contribution in [-0.2, 0) is 10.1 Å². The Labute approximate surface area is 266 Å². The molecule has 0 bridgehead atoms. The standard InChI is InChI=1S/C19H13N7O11S.2Na/c20-11-5-8(1-4-14(11)26(33)34)21-24-16-17(27)10(19(29)30)7-13(18(16)28)23-22-12-3-2-9(25(31)32)6-15(12)38(35,36)37;;/h1-7,27-28H,20H2,(H,29,30)(H,35,36,37);;/q;2*+1/p-2. The minimum atomic E-state index is -5.06. The molecule has 18 nitrogen and oxygen atoms in total. The molecule has 0 radical (unpaired) electrons. The van der Waals surface area contributed by atoms with Crippen molar-refractivity contribution in [3.8, 4) is 11.5 Å². The van der Waals surface area contributed by atoms with E-state index in [-0.39, 0.29) is 70.5 Å². The first kappa shape index (κ1) is 34.5. The fraction of sp³-hybridized carbons (Fsp3) is 0. The zero-order chi connectivity index (χ0) is 28.4. The van der Waals surface area contributed by atoms with Crippen molar-refractivity contribution in [2.75, 3.05) is 5.73 Å². The number of hydrogen-bond donors (Lipinski definition) is 3. The Morgan fingerprint density at radius 2 is 1.48 bits per heavy atom. The smallest absolute Gasteiger partial charge is 0.870 e. The number of azo groups is 2. The first-order chi connectivity index (χ1) is 17.7. The van der Waals surface area contributed by atoms with Crippen molar-refractivity contribution in [2.45, 2.75) is 4.90 Å². The Hall–Kier alpha value is -3.56. The summed E-state index contributed by atoms with van der Waals surface area (Å²) < 4.78 is 32.6. The molecule has 3 aromatic rings. The van der Waals surface area contributed by atoms with Crippen molar-refractivity contribution in [3.05, 3.63) is 68.3 Å². The third-order valence-corrected chi connectivity index (χ3v) is 5.47. The van der Waals surface area contributed by atoms with Crippen LogP contribution in [0.15, 0.2) is 67.8 Å². The SMILES string of the molecule is Nc1cc(N=Nc2c([O-])c(N=Nc3ccc([N+](=O)[O-])cc3S(=O)(=O)O)cc(C(=O)O)c2[O-])ccc1[N+](=O)[O-].[Na+].[Na+]. The number of anilines is 1. The Morgan fingerprint density at radius 1 is 0.850 bits per heavy atom. The Kier molecular flexibility index (Phi) is 11.8. The number of non-ortho nitro benzene ring substituents is 1. The van der Waals surface area contributed by atoms with Gasteiger partial charge in [0.05, 0.1) is 32.5 Å². The van der Waals surface area contributed by atoms with E-state index >= 15 is 0 Å². The number of carboxylic acids is 1. The van der Waals surface area contributed by atoms with Crippen LogP contribution in [0.3, 0.4) is 0 Å². The number of aromatic carboxylic acids is 1. The number of carboxylic acid groups (broad SMARTS) is 1. The number of nitrogen functional groups attached to an aromatic ring is 1. The van der Waals surface area contributed by atoms with Gasteiger partial charge in [0.25, 0.3) is 21.5 Å². The van der Waals surface area contributed by atoms with Crippen molar-refractivity contribution in [1.29, 1.82) is 0 Å². The molecular formula is C19H11N7Na2O11S. The molecule has 0 saturated carbocycles. The van der Waals surface area contributed by atoms with Crippen LogP contribution in [0.5, 0.6) is 11.5 Å². The summed E-state index contributed by atoms with van der Waals surface area (Å²) in [7, 11) is -5.06. The van der Waals surface area contributed by atoms with Gasteiger partial charge < -0.3 is 21.1 Å². The van der Waals surface area contributed by atoms with Crippen LogP contribution in [0.25, 0.3) is 0 Å². The summed E-state index contributed by atoms with van der Waals surface area (Å²) in [6.45, 7) is 0. The maximum atomic E-state index is 12.8. The van der Waals surface area contributed by atoms with Gasteiger partial charge >= 0.3 is 65.1 Å². The van der Waals surface area contributed by atoms with E-state index in [1.165, 1.54) is 0 Å². The van der Waals surface area contributed by atoms with E-state index in [2.05, 4.69) is 20.5 Å². The number of nitro benzene ring substituents is 2. The molecule has 3 rings (SSSR count). The number of rotatable bonds is 8. The number of carbonyl (C=O) groups is 1. The fourth-order valence-corrected chi connectivity index (χ4v) is 3.48. The topological polar surface area (TPSA) is 300 Å². The number of nitro groups is 2. The summed E-state index contributed by atoms with van der Waals surface area (Å²) >= 11 is 0. The molecule has 0 aromatic heterocycles. The Balaban J connectivity index is 0.00000400. The molecule has 196 valence electrons. The molecule has 40 heavy (non-hydrogen) atoms. The van der Waals surface area contributed by atoms with Gasteiger partial charge in [-0.3, -0.25) is 24.8 Å². The summed E-state index contributed by atoms with van der Waals surface area (Å²) in [6, 6.07) is 5.67. The molecule has 4 N–H and O–H groups in total. The third-order valence-electron chi connectivity index (χ3n) is 4.59. The minimum absolute atomic E-state index is 0. The predicted octanol–water partition coefficient (Wildman–Crippen LogP) is -2.98. The molecule has 0 spiro atoms. The molecule has 0 aliphatic rings. The van der Waals surface area contributed by atoms with Crippen LogP contribution in [0, 0.1) is 20.2 Å². The third kappa shape index (κ3) is 7.76. The summed E-state index contributed by atoms with van der Waals surface area (Å²) in [5.74, 6) is -4.46. The normalized spacial score (nSPS) is 11.1. The van der Waals surface area contributed by atoms with Crippen LogP contribution >= 0.6 is 0 Å². The van der Waals surface area contributed by atoms with E-state index in [0.29, 0.717) is 12.1 Å². The number of nitrogens with two attached hydrogens (primary N) is 1. The molecule has 3 aromatic carbocycles. The monoisotopic (exact) mass is 591 g/mol. The van der Waals surface area contributed by atoms with Crippen molar-refractivity contribution in [2.24, 2.45) is 20.5 Å². The maximum absolute atomic E-state index is 12.8. The van der Waals surface area contributed by atoms with Gasteiger partial charge in [0, 0.05) is 18.2 Å². The van der Waals surface area contributed by atoms with Gasteiger partial charge in [-0.05, 0) is 24.3 Å². The first-order valence-electron chi connectivity index (χ1n) is 9.62. The van der Waals surface area contributed by atoms with Gasteiger partial charge in [-0.15, -0.1) is 5.11 Å². The zero-order valence-electron chi connectivity index (χ0n) is 20.3. The van der Waals surface area contributed by atoms with Crippen molar-refractivity contribution >= 4 is 55.9 Å². The van der Waals surface area contributed by atoms with Crippen LogP contribution in [0.1, 0.15) is 10.4 Å². The van der Waals surface area contributed by atoms with E-state index in [1.54, 1.807) is 0 Å². The largest absolute Gasteiger partial charge is 1.00 e. The van der Waals surface area contributed by atoms with Gasteiger partial charge in [0.1, 0.15) is 16.3 Å². The van der Waals surface area contributed by atoms with Crippen LogP contribution in [-0.4, -0.2) is 33.9 Å². The number of nitrogens with zero attached hydrogens (tertiary/aromatic N) is 6. The Morgan fingerprint density at radius 3 is 2.00 bits per heavy atom. The van der Waals surface area contributed by atoms with Crippen LogP contribution < -0.4 is 75.1 Å². The quantitative estimate of drug-likeness (QED) is 0.0590. The second kappa shape index (κ2) is 13.7. The molecule has 0 aliphatic carbocycles. The van der Waals surface area contributed by atoms with E-state index in [0.717, 1.165) is 30.3 Å². The van der Waals surface area contributed by atoms with Crippen molar-refractivity contribution < 1.29 is 102 Å². The second-order valence-corrected chi connectivity index (χ2v) is 8.43. The molecule has 0 saturated heterocycles. The molecule has 0 heterocycles. The minimum Gasteiger partial charge on any atom is -0.870 e. The van der Waals surface area contributed by atoms with Crippen molar-refractivity contribution in [1.82, 2.24) is 0 Å². The molecule has 0 aliphatic heterocycles. The average Bonchev–Trinajstić information content (AvgIpc) is 2.82. The van der Waals surface area contributed by atoms with Gasteiger partial charge in [-0.2, -0.15) is 23.8 Å². The van der Waals surface area contributed by atoms with E-state index in [9.17, 15) is 53.3 Å². The van der Waals surface area contributed by atoms with Gasteiger partial charge in [-0.1, -0.05) is 11.5 Å². The second-order valence-electron chi connectivity index (χ2n) is 7.04. The van der Waals surface area contributed by atoms with Crippen molar-refractivity contribution in [3.63, 3.8) is 0 Å². The van der Waals surface area contributed by atoms with Crippen LogP contribution in [0.4, 0.5) is 39.8 Å². The summed E-state index contributed by atoms with van der Waals surface area (Å²) in [5, 5.41) is 70.2. The summed E-state index contributed by atoms with van der Waals surface area (Å²) in [5.41, 5.74) is 0.378. The molecule has 0 atom stereocenters. The summed E-state index contributed by atoms with van der Waals surface area (Å²) in [6.07, 6.45) is 0. The molecule has 0 amide bonds. The maximum Gasteiger partial charge on any atom is 1.00 e. The molecule has 0 unspecified atom stereocenters. The molecule has 0 fully saturated rings. The first-order valence-corrected chi connectivity index (χ1v) is 11.1. The van der Waals surface area contributed by atoms with E-state index in [1.807, 2.05) is 0 Å². The molecular weight excluding hydrogens is 580 g/mol. The van der Waals surface area contributed by atoms with Gasteiger partial charge in [0.2, 0.25) is 0 Å². The average molecular weight is 591 g/mol. The van der Waals surface area contributed by atoms with Gasteiger partial charge in [0.15, 0.2) is 0 Å². The molecule has 21 heteroatoms. The zero-order valence-corrected chi connectivity index (χ0v) is 25.1. The predicted molar refractivity (Wildman–Crippen MR) is 121 cm³/mol. The number of hydrogen-bond acceptors (Lipinski definition) is 14. The Bertz CT molecular complexity index is 1680. The van der Waals surface area contributed by atoms with Crippen LogP contribution in [0.2, 0.25) is 0 Å². The fourth-order valence-electron chi connectivity index (χ4n) is 2.84. The summed E-state index contributed by atoms with van der Waals surface area (Å²) in [4.78, 5) is 30.5. The van der Waals surface area contributed by atoms with Gasteiger partial charge in [-0.25, -0.2) is 4.79 Å². The number of benzene rings is 3. The van der Waals surface area contributed by atoms with E-state index < -0.39 is 76.3 Å².